The average Bonchev–Trinajstić information content (AvgIpc) is 2.95. The molecule has 1 aromatic carbocycles. The predicted octanol–water partition coefficient (Wildman–Crippen LogP) is 3.90. The molecule has 120 valence electrons. The van der Waals surface area contributed by atoms with Crippen LogP contribution in [0.4, 0.5) is 0 Å². The van der Waals surface area contributed by atoms with E-state index in [0.29, 0.717) is 0 Å². The van der Waals surface area contributed by atoms with Crippen LogP contribution in [0.3, 0.4) is 0 Å². The van der Waals surface area contributed by atoms with E-state index in [1.165, 1.54) is 0 Å². The number of halogens is 2. The lowest BCUT2D eigenvalue weighted by atomic mass is 9.93. The van der Waals surface area contributed by atoms with E-state index in [4.69, 9.17) is 28.2 Å². The van der Waals surface area contributed by atoms with Gasteiger partial charge in [0.05, 0.1) is 27.6 Å². The van der Waals surface area contributed by atoms with Gasteiger partial charge in [-0.3, -0.25) is 0 Å². The van der Waals surface area contributed by atoms with Crippen LogP contribution in [0.25, 0.3) is 11.7 Å². The fraction of sp³-hybridized carbons (Fsp3) is 0.294. The maximum absolute atomic E-state index is 9.67. The van der Waals surface area contributed by atoms with Gasteiger partial charge < -0.3 is 5.11 Å². The molecule has 0 aliphatic heterocycles. The van der Waals surface area contributed by atoms with Gasteiger partial charge in [-0.15, -0.1) is 0 Å². The van der Waals surface area contributed by atoms with Gasteiger partial charge in [0, 0.05) is 10.6 Å². The van der Waals surface area contributed by atoms with Crippen LogP contribution in [0.1, 0.15) is 37.7 Å². The molecule has 0 bridgehead atoms. The number of aromatic hydroxyl groups is 1. The Morgan fingerprint density at radius 2 is 1.78 bits per heavy atom. The van der Waals surface area contributed by atoms with Gasteiger partial charge in [-0.2, -0.15) is 5.10 Å². The van der Waals surface area contributed by atoms with Crippen LogP contribution in [0.5, 0.6) is 5.75 Å². The van der Waals surface area contributed by atoms with E-state index in [0.717, 1.165) is 27.8 Å². The molecule has 0 saturated carbocycles. The van der Waals surface area contributed by atoms with E-state index in [9.17, 15) is 5.11 Å². The van der Waals surface area contributed by atoms with E-state index in [2.05, 4.69) is 25.9 Å². The van der Waals surface area contributed by atoms with Gasteiger partial charge in [-0.1, -0.05) is 44.0 Å². The lowest BCUT2D eigenvalue weighted by molar-refractivity contribution is 0.476. The van der Waals surface area contributed by atoms with Crippen molar-refractivity contribution < 1.29 is 5.11 Å². The highest BCUT2D eigenvalue weighted by molar-refractivity contribution is 6.37. The van der Waals surface area contributed by atoms with Crippen molar-refractivity contribution in [1.82, 2.24) is 14.6 Å². The minimum atomic E-state index is -0.108. The van der Waals surface area contributed by atoms with Crippen LogP contribution in [-0.4, -0.2) is 19.7 Å². The van der Waals surface area contributed by atoms with Gasteiger partial charge in [0.15, 0.2) is 11.4 Å². The number of phenols is 1. The Hall–Kier alpha value is -1.78. The summed E-state index contributed by atoms with van der Waals surface area (Å²) in [5, 5.41) is 15.5. The second-order valence-electron chi connectivity index (χ2n) is 6.62. The summed E-state index contributed by atoms with van der Waals surface area (Å²) in [6.45, 7) is 8.28. The topological polar surface area (TPSA) is 50.4 Å². The number of hydrogen-bond donors (Lipinski definition) is 1. The Bertz CT molecular complexity index is 932. The molecule has 0 radical (unpaired) electrons. The standard InChI is InChI=1S/C17H17Cl2N3O/c1-9-11(5-10-6-12(18)15(23)13(19)7-10)16-20-14(17(2,3)4)8-22(16)21-9/h5-8,23H,1-4H3. The molecule has 23 heavy (non-hydrogen) atoms. The monoisotopic (exact) mass is 349 g/mol. The number of imidazole rings is 1. The number of rotatable bonds is 1. The molecule has 3 rings (SSSR count). The molecule has 2 aromatic heterocycles. The first-order valence-electron chi connectivity index (χ1n) is 7.22. The SMILES string of the molecule is Cc1nn2cc(C(C)(C)C)nc2c1=Cc1cc(Cl)c(O)c(Cl)c1. The molecule has 0 spiro atoms. The van der Waals surface area contributed by atoms with Crippen molar-refractivity contribution in [3.05, 3.63) is 50.5 Å². The third-order valence-corrected chi connectivity index (χ3v) is 4.27. The largest absolute Gasteiger partial charge is 0.505 e. The third-order valence-electron chi connectivity index (χ3n) is 3.70. The van der Waals surface area contributed by atoms with E-state index in [1.807, 2.05) is 19.2 Å². The highest BCUT2D eigenvalue weighted by Crippen LogP contribution is 2.32. The van der Waals surface area contributed by atoms with Gasteiger partial charge in [0.25, 0.3) is 0 Å². The van der Waals surface area contributed by atoms with Gasteiger partial charge in [0.2, 0.25) is 0 Å². The molecular weight excluding hydrogens is 333 g/mol. The van der Waals surface area contributed by atoms with Crippen molar-refractivity contribution in [1.29, 1.82) is 0 Å². The van der Waals surface area contributed by atoms with Crippen LogP contribution < -0.4 is 5.22 Å². The second-order valence-corrected chi connectivity index (χ2v) is 7.44. The Kier molecular flexibility index (Phi) is 3.77. The molecule has 0 fully saturated rings. The maximum Gasteiger partial charge on any atom is 0.162 e. The number of fused-ring (bicyclic) bond motifs is 1. The highest BCUT2D eigenvalue weighted by atomic mass is 35.5. The quantitative estimate of drug-likeness (QED) is 0.724. The van der Waals surface area contributed by atoms with E-state index in [1.54, 1.807) is 16.6 Å². The summed E-state index contributed by atoms with van der Waals surface area (Å²) in [5.41, 5.74) is 3.39. The smallest absolute Gasteiger partial charge is 0.162 e. The summed E-state index contributed by atoms with van der Waals surface area (Å²) in [7, 11) is 0. The molecule has 0 aliphatic rings. The Morgan fingerprint density at radius 3 is 2.35 bits per heavy atom. The molecule has 0 amide bonds. The maximum atomic E-state index is 9.67. The summed E-state index contributed by atoms with van der Waals surface area (Å²) in [6.07, 6.45) is 3.88. The lowest BCUT2D eigenvalue weighted by Crippen LogP contribution is -2.12. The van der Waals surface area contributed by atoms with Crippen molar-refractivity contribution in [3.8, 4) is 5.75 Å². The second kappa shape index (κ2) is 5.39. The van der Waals surface area contributed by atoms with Crippen molar-refractivity contribution in [3.63, 3.8) is 0 Å². The third kappa shape index (κ3) is 2.89. The highest BCUT2D eigenvalue weighted by Gasteiger charge is 2.19. The number of phenolic OH excluding ortho intramolecular Hbond substituents is 1. The number of aromatic nitrogens is 3. The Labute approximate surface area is 144 Å². The summed E-state index contributed by atoms with van der Waals surface area (Å²) >= 11 is 12.0. The first kappa shape index (κ1) is 16.1. The fourth-order valence-corrected chi connectivity index (χ4v) is 2.88. The first-order valence-corrected chi connectivity index (χ1v) is 7.98. The van der Waals surface area contributed by atoms with E-state index in [-0.39, 0.29) is 21.2 Å². The minimum absolute atomic E-state index is 0.0446. The first-order chi connectivity index (χ1) is 10.7. The summed E-state index contributed by atoms with van der Waals surface area (Å²) in [6, 6.07) is 3.33. The van der Waals surface area contributed by atoms with Crippen molar-refractivity contribution >= 4 is 34.9 Å². The molecule has 1 N–H and O–H groups in total. The van der Waals surface area contributed by atoms with Gasteiger partial charge in [0.1, 0.15) is 0 Å². The van der Waals surface area contributed by atoms with Crippen LogP contribution >= 0.6 is 23.2 Å². The number of nitrogens with zero attached hydrogens (tertiary/aromatic N) is 3. The van der Waals surface area contributed by atoms with Crippen LogP contribution in [0, 0.1) is 6.92 Å². The molecule has 0 atom stereocenters. The summed E-state index contributed by atoms with van der Waals surface area (Å²) in [4.78, 5) is 4.72. The average molecular weight is 350 g/mol. The number of aryl methyl sites for hydroxylation is 1. The van der Waals surface area contributed by atoms with E-state index >= 15 is 0 Å². The lowest BCUT2D eigenvalue weighted by Gasteiger charge is -2.13. The molecule has 2 heterocycles. The molecule has 0 unspecified atom stereocenters. The zero-order valence-corrected chi connectivity index (χ0v) is 14.9. The zero-order chi connectivity index (χ0) is 16.9. The number of benzene rings is 1. The van der Waals surface area contributed by atoms with Gasteiger partial charge in [-0.05, 0) is 30.7 Å². The normalized spacial score (nSPS) is 13.2. The molecule has 0 saturated heterocycles. The fourth-order valence-electron chi connectivity index (χ4n) is 2.37. The van der Waals surface area contributed by atoms with Gasteiger partial charge in [-0.25, -0.2) is 9.50 Å². The van der Waals surface area contributed by atoms with Crippen LogP contribution in [-0.2, 0) is 5.41 Å². The van der Waals surface area contributed by atoms with Gasteiger partial charge >= 0.3 is 0 Å². The Morgan fingerprint density at radius 1 is 1.17 bits per heavy atom. The minimum Gasteiger partial charge on any atom is -0.505 e. The van der Waals surface area contributed by atoms with Crippen molar-refractivity contribution in [2.75, 3.05) is 0 Å². The molecule has 4 nitrogen and oxygen atoms in total. The Balaban J connectivity index is 2.23. The van der Waals surface area contributed by atoms with Crippen molar-refractivity contribution in [2.45, 2.75) is 33.1 Å². The molecule has 3 aromatic rings. The predicted molar refractivity (Wildman–Crippen MR) is 93.3 cm³/mol. The summed E-state index contributed by atoms with van der Waals surface area (Å²) < 4.78 is 1.80. The summed E-state index contributed by atoms with van der Waals surface area (Å²) in [5.74, 6) is -0.108. The van der Waals surface area contributed by atoms with Crippen LogP contribution in [0.2, 0.25) is 10.0 Å². The van der Waals surface area contributed by atoms with Crippen molar-refractivity contribution in [2.24, 2.45) is 0 Å². The zero-order valence-electron chi connectivity index (χ0n) is 13.4. The molecule has 0 aliphatic carbocycles. The van der Waals surface area contributed by atoms with E-state index < -0.39 is 0 Å². The molecule has 6 heteroatoms. The molecular formula is C17H17Cl2N3O. The number of hydrogen-bond acceptors (Lipinski definition) is 3. The van der Waals surface area contributed by atoms with Crippen LogP contribution in [0.15, 0.2) is 18.3 Å².